The van der Waals surface area contributed by atoms with Crippen LogP contribution in [0.1, 0.15) is 16.1 Å². The lowest BCUT2D eigenvalue weighted by molar-refractivity contribution is 0.112. The Labute approximate surface area is 96.4 Å². The third-order valence-electron chi connectivity index (χ3n) is 2.19. The van der Waals surface area contributed by atoms with E-state index in [2.05, 4.69) is 5.16 Å². The van der Waals surface area contributed by atoms with E-state index in [1.807, 2.05) is 0 Å². The molecule has 4 nitrogen and oxygen atoms in total. The lowest BCUT2D eigenvalue weighted by Crippen LogP contribution is -1.90. The maximum Gasteiger partial charge on any atom is 0.179 e. The van der Waals surface area contributed by atoms with Crippen LogP contribution in [0.15, 0.2) is 28.8 Å². The second-order valence-electron chi connectivity index (χ2n) is 3.13. The number of carbonyl (C=O) groups excluding carboxylic acids is 1. The molecular formula is C11H8ClNO3. The molecule has 0 amide bonds. The molecule has 0 saturated heterocycles. The Hall–Kier alpha value is -1.65. The molecule has 0 fully saturated rings. The zero-order chi connectivity index (χ0) is 11.5. The largest absolute Gasteiger partial charge is 0.390 e. The maximum absolute atomic E-state index is 10.9. The number of benzene rings is 1. The first-order valence-corrected chi connectivity index (χ1v) is 4.95. The van der Waals surface area contributed by atoms with Gasteiger partial charge in [-0.15, -0.1) is 0 Å². The number of nitrogens with zero attached hydrogens (tertiary/aromatic N) is 1. The van der Waals surface area contributed by atoms with Gasteiger partial charge in [-0.25, -0.2) is 0 Å². The molecule has 2 rings (SSSR count). The molecule has 0 aliphatic heterocycles. The van der Waals surface area contributed by atoms with E-state index in [1.165, 1.54) is 0 Å². The summed E-state index contributed by atoms with van der Waals surface area (Å²) in [5.74, 6) is 0.282. The Balaban J connectivity index is 2.61. The van der Waals surface area contributed by atoms with Crippen LogP contribution in [0.2, 0.25) is 5.02 Å². The minimum atomic E-state index is -0.345. The lowest BCUT2D eigenvalue weighted by Gasteiger charge is -1.99. The molecule has 0 bridgehead atoms. The fourth-order valence-corrected chi connectivity index (χ4v) is 1.63. The van der Waals surface area contributed by atoms with Crippen molar-refractivity contribution in [3.05, 3.63) is 40.5 Å². The quantitative estimate of drug-likeness (QED) is 0.832. The zero-order valence-corrected chi connectivity index (χ0v) is 8.94. The molecule has 0 radical (unpaired) electrons. The number of aliphatic hydroxyl groups excluding tert-OH is 1. The van der Waals surface area contributed by atoms with Crippen molar-refractivity contribution >= 4 is 17.9 Å². The number of hydrogen-bond donors (Lipinski definition) is 1. The van der Waals surface area contributed by atoms with Gasteiger partial charge in [-0.2, -0.15) is 0 Å². The van der Waals surface area contributed by atoms with Gasteiger partial charge in [-0.05, 0) is 12.1 Å². The summed E-state index contributed by atoms with van der Waals surface area (Å²) >= 11 is 5.97. The van der Waals surface area contributed by atoms with Crippen molar-refractivity contribution in [3.63, 3.8) is 0 Å². The van der Waals surface area contributed by atoms with Crippen molar-refractivity contribution in [1.82, 2.24) is 5.16 Å². The number of hydrogen-bond acceptors (Lipinski definition) is 4. The van der Waals surface area contributed by atoms with E-state index in [0.29, 0.717) is 16.9 Å². The van der Waals surface area contributed by atoms with Crippen LogP contribution in [-0.2, 0) is 6.61 Å². The fourth-order valence-electron chi connectivity index (χ4n) is 1.41. The van der Waals surface area contributed by atoms with Gasteiger partial charge in [0.25, 0.3) is 0 Å². The average Bonchev–Trinajstić information content (AvgIpc) is 2.72. The van der Waals surface area contributed by atoms with E-state index >= 15 is 0 Å². The monoisotopic (exact) mass is 237 g/mol. The van der Waals surface area contributed by atoms with E-state index in [0.717, 1.165) is 0 Å². The van der Waals surface area contributed by atoms with Crippen LogP contribution in [0.3, 0.4) is 0 Å². The predicted octanol–water partition coefficient (Wildman–Crippen LogP) is 2.30. The van der Waals surface area contributed by atoms with Crippen molar-refractivity contribution in [3.8, 4) is 11.3 Å². The smallest absolute Gasteiger partial charge is 0.179 e. The molecule has 1 heterocycles. The van der Waals surface area contributed by atoms with Gasteiger partial charge < -0.3 is 9.63 Å². The van der Waals surface area contributed by atoms with Crippen molar-refractivity contribution in [2.45, 2.75) is 6.61 Å². The SMILES string of the molecule is O=Cc1c(CO)noc1-c1ccccc1Cl. The van der Waals surface area contributed by atoms with Crippen LogP contribution in [0.5, 0.6) is 0 Å². The van der Waals surface area contributed by atoms with Crippen LogP contribution in [0.25, 0.3) is 11.3 Å². The van der Waals surface area contributed by atoms with Gasteiger partial charge in [0.15, 0.2) is 12.0 Å². The Morgan fingerprint density at radius 1 is 1.44 bits per heavy atom. The van der Waals surface area contributed by atoms with Gasteiger partial charge in [0.1, 0.15) is 5.69 Å². The minimum absolute atomic E-state index is 0.213. The van der Waals surface area contributed by atoms with Gasteiger partial charge in [0.05, 0.1) is 17.2 Å². The fraction of sp³-hybridized carbons (Fsp3) is 0.0909. The molecular weight excluding hydrogens is 230 g/mol. The number of aldehydes is 1. The highest BCUT2D eigenvalue weighted by Gasteiger charge is 2.18. The summed E-state index contributed by atoms with van der Waals surface area (Å²) in [5, 5.41) is 13.0. The molecule has 0 aliphatic carbocycles. The topological polar surface area (TPSA) is 63.3 Å². The summed E-state index contributed by atoms with van der Waals surface area (Å²) in [7, 11) is 0. The first-order valence-electron chi connectivity index (χ1n) is 4.57. The van der Waals surface area contributed by atoms with E-state index in [4.69, 9.17) is 21.2 Å². The molecule has 0 atom stereocenters. The number of halogens is 1. The normalized spacial score (nSPS) is 10.4. The Bertz CT molecular complexity index is 522. The summed E-state index contributed by atoms with van der Waals surface area (Å²) in [6.07, 6.45) is 0.598. The maximum atomic E-state index is 10.9. The zero-order valence-electron chi connectivity index (χ0n) is 8.18. The van der Waals surface area contributed by atoms with E-state index in [-0.39, 0.29) is 23.6 Å². The Morgan fingerprint density at radius 2 is 2.19 bits per heavy atom. The molecule has 82 valence electrons. The highest BCUT2D eigenvalue weighted by molar-refractivity contribution is 6.33. The van der Waals surface area contributed by atoms with Gasteiger partial charge in [0, 0.05) is 5.56 Å². The first kappa shape index (κ1) is 10.9. The van der Waals surface area contributed by atoms with Crippen molar-refractivity contribution < 1.29 is 14.4 Å². The third-order valence-corrected chi connectivity index (χ3v) is 2.52. The summed E-state index contributed by atoms with van der Waals surface area (Å²) in [6.45, 7) is -0.345. The van der Waals surface area contributed by atoms with Gasteiger partial charge in [-0.1, -0.05) is 28.9 Å². The van der Waals surface area contributed by atoms with E-state index in [9.17, 15) is 4.79 Å². The van der Waals surface area contributed by atoms with Crippen molar-refractivity contribution in [2.75, 3.05) is 0 Å². The molecule has 0 saturated carbocycles. The molecule has 5 heteroatoms. The number of aliphatic hydroxyl groups is 1. The molecule has 1 aromatic carbocycles. The van der Waals surface area contributed by atoms with Gasteiger partial charge >= 0.3 is 0 Å². The number of carbonyl (C=O) groups is 1. The predicted molar refractivity (Wildman–Crippen MR) is 58.3 cm³/mol. The summed E-state index contributed by atoms with van der Waals surface area (Å²) in [6, 6.07) is 6.95. The van der Waals surface area contributed by atoms with Crippen LogP contribution in [0, 0.1) is 0 Å². The Morgan fingerprint density at radius 3 is 2.81 bits per heavy atom. The molecule has 16 heavy (non-hydrogen) atoms. The van der Waals surface area contributed by atoms with E-state index < -0.39 is 0 Å². The third kappa shape index (κ3) is 1.73. The molecule has 1 aromatic heterocycles. The molecule has 0 spiro atoms. The average molecular weight is 238 g/mol. The summed E-state index contributed by atoms with van der Waals surface area (Å²) in [5.41, 5.74) is 1.03. The van der Waals surface area contributed by atoms with Crippen LogP contribution in [-0.4, -0.2) is 16.5 Å². The second-order valence-corrected chi connectivity index (χ2v) is 3.54. The van der Waals surface area contributed by atoms with E-state index in [1.54, 1.807) is 24.3 Å². The summed E-state index contributed by atoms with van der Waals surface area (Å²) < 4.78 is 5.02. The van der Waals surface area contributed by atoms with Crippen LogP contribution < -0.4 is 0 Å². The molecule has 1 N–H and O–H groups in total. The van der Waals surface area contributed by atoms with Gasteiger partial charge in [0.2, 0.25) is 0 Å². The molecule has 0 aliphatic rings. The number of rotatable bonds is 3. The van der Waals surface area contributed by atoms with Crippen molar-refractivity contribution in [1.29, 1.82) is 0 Å². The van der Waals surface area contributed by atoms with Gasteiger partial charge in [-0.3, -0.25) is 4.79 Å². The molecule has 0 unspecified atom stereocenters. The highest BCUT2D eigenvalue weighted by Crippen LogP contribution is 2.30. The Kier molecular flexibility index (Phi) is 3.03. The first-order chi connectivity index (χ1) is 7.77. The highest BCUT2D eigenvalue weighted by atomic mass is 35.5. The summed E-state index contributed by atoms with van der Waals surface area (Å²) in [4.78, 5) is 10.9. The van der Waals surface area contributed by atoms with Crippen LogP contribution in [0.4, 0.5) is 0 Å². The molecule has 2 aromatic rings. The standard InChI is InChI=1S/C11H8ClNO3/c12-9-4-2-1-3-7(9)11-8(5-14)10(6-15)13-16-11/h1-5,15H,6H2. The van der Waals surface area contributed by atoms with Crippen LogP contribution >= 0.6 is 11.6 Å². The van der Waals surface area contributed by atoms with Crippen molar-refractivity contribution in [2.24, 2.45) is 0 Å². The minimum Gasteiger partial charge on any atom is -0.390 e. The lowest BCUT2D eigenvalue weighted by atomic mass is 10.1. The number of aromatic nitrogens is 1. The second kappa shape index (κ2) is 4.47.